The molecule has 2 N–H and O–H groups in total. The maximum atomic E-state index is 12.9. The number of carbonyl (C=O) groups excluding carboxylic acids is 2. The van der Waals surface area contributed by atoms with E-state index in [0.717, 1.165) is 16.8 Å². The summed E-state index contributed by atoms with van der Waals surface area (Å²) in [6.45, 7) is 5.68. The van der Waals surface area contributed by atoms with Gasteiger partial charge in [0.1, 0.15) is 5.82 Å². The van der Waals surface area contributed by atoms with E-state index in [1.165, 1.54) is 24.3 Å². The molecule has 2 rings (SSSR count). The second kappa shape index (κ2) is 8.58. The standard InChI is InChI=1S/C20H24FN3O2/c1-13-5-6-14(2)18(11-13)23-19(25)12-24(4)15(3)20(26)22-17-9-7-16(21)8-10-17/h5-11,15H,12H2,1-4H3,(H,22,26)(H,23,25)/t15-/m0/s1. The van der Waals surface area contributed by atoms with E-state index in [2.05, 4.69) is 10.6 Å². The first kappa shape index (κ1) is 19.6. The third-order valence-electron chi connectivity index (χ3n) is 4.21. The van der Waals surface area contributed by atoms with E-state index in [0.29, 0.717) is 5.69 Å². The Morgan fingerprint density at radius 2 is 1.73 bits per heavy atom. The SMILES string of the molecule is Cc1ccc(C)c(NC(=O)CN(C)[C@@H](C)C(=O)Nc2ccc(F)cc2)c1. The van der Waals surface area contributed by atoms with Gasteiger partial charge < -0.3 is 10.6 Å². The molecular formula is C20H24FN3O2. The van der Waals surface area contributed by atoms with E-state index >= 15 is 0 Å². The molecule has 0 radical (unpaired) electrons. The Morgan fingerprint density at radius 3 is 2.38 bits per heavy atom. The summed E-state index contributed by atoms with van der Waals surface area (Å²) < 4.78 is 12.9. The molecule has 0 heterocycles. The molecule has 0 spiro atoms. The minimum atomic E-state index is -0.524. The third-order valence-corrected chi connectivity index (χ3v) is 4.21. The first-order valence-corrected chi connectivity index (χ1v) is 8.40. The minimum Gasteiger partial charge on any atom is -0.325 e. The fraction of sp³-hybridized carbons (Fsp3) is 0.300. The first-order chi connectivity index (χ1) is 12.3. The van der Waals surface area contributed by atoms with Crippen LogP contribution in [0.3, 0.4) is 0 Å². The topological polar surface area (TPSA) is 61.4 Å². The fourth-order valence-corrected chi connectivity index (χ4v) is 2.40. The molecule has 0 saturated heterocycles. The number of hydrogen-bond donors (Lipinski definition) is 2. The highest BCUT2D eigenvalue weighted by Gasteiger charge is 2.20. The molecule has 0 bridgehead atoms. The Morgan fingerprint density at radius 1 is 1.08 bits per heavy atom. The summed E-state index contributed by atoms with van der Waals surface area (Å²) in [5, 5.41) is 5.59. The lowest BCUT2D eigenvalue weighted by Gasteiger charge is -2.23. The summed E-state index contributed by atoms with van der Waals surface area (Å²) in [7, 11) is 1.71. The van der Waals surface area contributed by atoms with Crippen LogP contribution < -0.4 is 10.6 Å². The maximum Gasteiger partial charge on any atom is 0.241 e. The van der Waals surface area contributed by atoms with Crippen LogP contribution in [-0.2, 0) is 9.59 Å². The number of rotatable bonds is 6. The van der Waals surface area contributed by atoms with Crippen molar-refractivity contribution in [3.8, 4) is 0 Å². The van der Waals surface area contributed by atoms with Gasteiger partial charge in [0.2, 0.25) is 11.8 Å². The van der Waals surface area contributed by atoms with Gasteiger partial charge in [0.25, 0.3) is 0 Å². The van der Waals surface area contributed by atoms with Gasteiger partial charge in [-0.15, -0.1) is 0 Å². The quantitative estimate of drug-likeness (QED) is 0.834. The van der Waals surface area contributed by atoms with Crippen molar-refractivity contribution in [2.45, 2.75) is 26.8 Å². The zero-order valence-corrected chi connectivity index (χ0v) is 15.5. The number of hydrogen-bond acceptors (Lipinski definition) is 3. The van der Waals surface area contributed by atoms with E-state index in [4.69, 9.17) is 0 Å². The van der Waals surface area contributed by atoms with Crippen molar-refractivity contribution in [2.75, 3.05) is 24.2 Å². The number of aryl methyl sites for hydroxylation is 2. The van der Waals surface area contributed by atoms with Gasteiger partial charge in [-0.05, 0) is 69.3 Å². The number of nitrogens with zero attached hydrogens (tertiary/aromatic N) is 1. The predicted octanol–water partition coefficient (Wildman–Crippen LogP) is 3.34. The average Bonchev–Trinajstić information content (AvgIpc) is 2.59. The molecule has 2 aromatic carbocycles. The van der Waals surface area contributed by atoms with Gasteiger partial charge in [0.05, 0.1) is 12.6 Å². The van der Waals surface area contributed by atoms with Crippen LogP contribution in [0.1, 0.15) is 18.1 Å². The molecule has 5 nitrogen and oxygen atoms in total. The van der Waals surface area contributed by atoms with Crippen LogP contribution in [0.4, 0.5) is 15.8 Å². The monoisotopic (exact) mass is 357 g/mol. The van der Waals surface area contributed by atoms with Gasteiger partial charge in [-0.3, -0.25) is 14.5 Å². The van der Waals surface area contributed by atoms with Crippen LogP contribution in [0.25, 0.3) is 0 Å². The van der Waals surface area contributed by atoms with Crippen molar-refractivity contribution in [1.29, 1.82) is 0 Å². The molecule has 2 aromatic rings. The number of anilines is 2. The summed E-state index contributed by atoms with van der Waals surface area (Å²) in [4.78, 5) is 26.2. The molecule has 0 aromatic heterocycles. The Balaban J connectivity index is 1.91. The largest absolute Gasteiger partial charge is 0.325 e. The molecule has 0 saturated carbocycles. The lowest BCUT2D eigenvalue weighted by atomic mass is 10.1. The summed E-state index contributed by atoms with van der Waals surface area (Å²) >= 11 is 0. The number of carbonyl (C=O) groups is 2. The Hall–Kier alpha value is -2.73. The van der Waals surface area contributed by atoms with Crippen LogP contribution in [0.5, 0.6) is 0 Å². The number of amides is 2. The number of nitrogens with one attached hydrogen (secondary N) is 2. The van der Waals surface area contributed by atoms with Crippen molar-refractivity contribution in [3.63, 3.8) is 0 Å². The van der Waals surface area contributed by atoms with Crippen molar-refractivity contribution >= 4 is 23.2 Å². The summed E-state index contributed by atoms with van der Waals surface area (Å²) in [6, 6.07) is 10.9. The number of likely N-dealkylation sites (N-methyl/N-ethyl adjacent to an activating group) is 1. The van der Waals surface area contributed by atoms with E-state index in [1.54, 1.807) is 18.9 Å². The number of halogens is 1. The second-order valence-electron chi connectivity index (χ2n) is 6.45. The molecular weight excluding hydrogens is 333 g/mol. The lowest BCUT2D eigenvalue weighted by molar-refractivity contribution is -0.122. The van der Waals surface area contributed by atoms with E-state index in [-0.39, 0.29) is 24.2 Å². The maximum absolute atomic E-state index is 12.9. The van der Waals surface area contributed by atoms with Crippen LogP contribution in [0, 0.1) is 19.7 Å². The van der Waals surface area contributed by atoms with Crippen molar-refractivity contribution < 1.29 is 14.0 Å². The fourth-order valence-electron chi connectivity index (χ4n) is 2.40. The Bertz CT molecular complexity index is 790. The van der Waals surface area contributed by atoms with Crippen LogP contribution in [-0.4, -0.2) is 36.3 Å². The number of benzene rings is 2. The molecule has 1 atom stereocenters. The van der Waals surface area contributed by atoms with Gasteiger partial charge in [0, 0.05) is 11.4 Å². The zero-order chi connectivity index (χ0) is 19.3. The van der Waals surface area contributed by atoms with Gasteiger partial charge in [-0.2, -0.15) is 0 Å². The van der Waals surface area contributed by atoms with E-state index in [9.17, 15) is 14.0 Å². The highest BCUT2D eigenvalue weighted by atomic mass is 19.1. The van der Waals surface area contributed by atoms with Gasteiger partial charge in [0.15, 0.2) is 0 Å². The smallest absolute Gasteiger partial charge is 0.241 e. The summed E-state index contributed by atoms with van der Waals surface area (Å²) in [5.41, 5.74) is 3.32. The van der Waals surface area contributed by atoms with Gasteiger partial charge in [-0.25, -0.2) is 4.39 Å². The molecule has 138 valence electrons. The molecule has 0 aliphatic carbocycles. The van der Waals surface area contributed by atoms with Gasteiger partial charge >= 0.3 is 0 Å². The molecule has 6 heteroatoms. The lowest BCUT2D eigenvalue weighted by Crippen LogP contribution is -2.43. The minimum absolute atomic E-state index is 0.0748. The van der Waals surface area contributed by atoms with Crippen LogP contribution in [0.2, 0.25) is 0 Å². The zero-order valence-electron chi connectivity index (χ0n) is 15.5. The third kappa shape index (κ3) is 5.39. The summed E-state index contributed by atoms with van der Waals surface area (Å²) in [6.07, 6.45) is 0. The van der Waals surface area contributed by atoms with Crippen LogP contribution >= 0.6 is 0 Å². The Kier molecular flexibility index (Phi) is 6.46. The van der Waals surface area contributed by atoms with E-state index < -0.39 is 6.04 Å². The first-order valence-electron chi connectivity index (χ1n) is 8.40. The van der Waals surface area contributed by atoms with Crippen molar-refractivity contribution in [3.05, 3.63) is 59.4 Å². The molecule has 0 aliphatic rings. The molecule has 0 unspecified atom stereocenters. The van der Waals surface area contributed by atoms with E-state index in [1.807, 2.05) is 32.0 Å². The normalized spacial score (nSPS) is 11.9. The Labute approximate surface area is 153 Å². The van der Waals surface area contributed by atoms with Crippen molar-refractivity contribution in [2.24, 2.45) is 0 Å². The molecule has 2 amide bonds. The van der Waals surface area contributed by atoms with Gasteiger partial charge in [-0.1, -0.05) is 12.1 Å². The highest BCUT2D eigenvalue weighted by Crippen LogP contribution is 2.16. The molecule has 26 heavy (non-hydrogen) atoms. The molecule has 0 aliphatic heterocycles. The highest BCUT2D eigenvalue weighted by molar-refractivity contribution is 5.96. The second-order valence-corrected chi connectivity index (χ2v) is 6.45. The van der Waals surface area contributed by atoms with Crippen molar-refractivity contribution in [1.82, 2.24) is 4.90 Å². The van der Waals surface area contributed by atoms with Crippen LogP contribution in [0.15, 0.2) is 42.5 Å². The average molecular weight is 357 g/mol. The molecule has 0 fully saturated rings. The predicted molar refractivity (Wildman–Crippen MR) is 102 cm³/mol. The summed E-state index contributed by atoms with van der Waals surface area (Å²) in [5.74, 6) is -0.822.